The molecule has 0 radical (unpaired) electrons. The van der Waals surface area contributed by atoms with Crippen LogP contribution >= 0.6 is 0 Å². The Morgan fingerprint density at radius 1 is 1.12 bits per heavy atom. The molecule has 25 heavy (non-hydrogen) atoms. The Labute approximate surface area is 150 Å². The van der Waals surface area contributed by atoms with Crippen molar-refractivity contribution in [2.75, 3.05) is 13.1 Å². The van der Waals surface area contributed by atoms with Gasteiger partial charge in [-0.15, -0.1) is 0 Å². The molecule has 1 aromatic carbocycles. The van der Waals surface area contributed by atoms with Gasteiger partial charge in [0.25, 0.3) is 0 Å². The van der Waals surface area contributed by atoms with Gasteiger partial charge in [0, 0.05) is 33.0 Å². The van der Waals surface area contributed by atoms with Gasteiger partial charge in [-0.3, -0.25) is 9.59 Å². The summed E-state index contributed by atoms with van der Waals surface area (Å²) in [7, 11) is 0. The van der Waals surface area contributed by atoms with Gasteiger partial charge in [-0.25, -0.2) is 0 Å². The van der Waals surface area contributed by atoms with Crippen LogP contribution in [-0.4, -0.2) is 40.5 Å². The van der Waals surface area contributed by atoms with Crippen LogP contribution in [0.3, 0.4) is 0 Å². The summed E-state index contributed by atoms with van der Waals surface area (Å²) in [6.07, 6.45) is 6.10. The van der Waals surface area contributed by atoms with Crippen LogP contribution in [0.1, 0.15) is 57.4 Å². The Balaban J connectivity index is 1.77. The van der Waals surface area contributed by atoms with Crippen molar-refractivity contribution in [3.63, 3.8) is 0 Å². The third-order valence-corrected chi connectivity index (χ3v) is 4.92. The number of aliphatic hydroxyl groups is 1. The molecule has 0 saturated heterocycles. The van der Waals surface area contributed by atoms with Gasteiger partial charge < -0.3 is 15.3 Å². The zero-order valence-electron chi connectivity index (χ0n) is 15.2. The summed E-state index contributed by atoms with van der Waals surface area (Å²) < 4.78 is 0. The lowest BCUT2D eigenvalue weighted by molar-refractivity contribution is -0.130. The van der Waals surface area contributed by atoms with Crippen LogP contribution in [0.4, 0.5) is 0 Å². The maximum atomic E-state index is 12.1. The maximum Gasteiger partial charge on any atom is 0.221 e. The first-order chi connectivity index (χ1) is 12.0. The second kappa shape index (κ2) is 9.56. The summed E-state index contributed by atoms with van der Waals surface area (Å²) in [5, 5.41) is 13.4. The fraction of sp³-hybridized carbons (Fsp3) is 0.600. The first kappa shape index (κ1) is 19.4. The highest BCUT2D eigenvalue weighted by atomic mass is 16.3. The lowest BCUT2D eigenvalue weighted by Gasteiger charge is -2.27. The first-order valence-electron chi connectivity index (χ1n) is 9.27. The monoisotopic (exact) mass is 346 g/mol. The lowest BCUT2D eigenvalue weighted by Crippen LogP contribution is -2.43. The first-order valence-corrected chi connectivity index (χ1v) is 9.27. The highest BCUT2D eigenvalue weighted by Crippen LogP contribution is 2.26. The summed E-state index contributed by atoms with van der Waals surface area (Å²) in [4.78, 5) is 25.6. The van der Waals surface area contributed by atoms with Gasteiger partial charge in [-0.05, 0) is 18.4 Å². The van der Waals surface area contributed by atoms with Crippen molar-refractivity contribution in [1.29, 1.82) is 0 Å². The zero-order valence-corrected chi connectivity index (χ0v) is 15.2. The molecule has 0 bridgehead atoms. The fourth-order valence-electron chi connectivity index (χ4n) is 3.30. The largest absolute Gasteiger partial charge is 0.388 e. The van der Waals surface area contributed by atoms with Crippen molar-refractivity contribution in [2.45, 2.75) is 64.0 Å². The third-order valence-electron chi connectivity index (χ3n) is 4.92. The Morgan fingerprint density at radius 3 is 2.36 bits per heavy atom. The van der Waals surface area contributed by atoms with Crippen molar-refractivity contribution in [1.82, 2.24) is 10.2 Å². The van der Waals surface area contributed by atoms with Gasteiger partial charge in [-0.2, -0.15) is 0 Å². The van der Waals surface area contributed by atoms with Crippen LogP contribution in [0.25, 0.3) is 0 Å². The number of benzene rings is 1. The van der Waals surface area contributed by atoms with E-state index in [1.807, 2.05) is 30.3 Å². The van der Waals surface area contributed by atoms with E-state index in [-0.39, 0.29) is 18.2 Å². The van der Waals surface area contributed by atoms with E-state index in [9.17, 15) is 14.7 Å². The third kappa shape index (κ3) is 6.86. The molecule has 0 atom stereocenters. The van der Waals surface area contributed by atoms with E-state index in [1.165, 1.54) is 6.92 Å². The highest BCUT2D eigenvalue weighted by Gasteiger charge is 2.28. The molecule has 0 heterocycles. The van der Waals surface area contributed by atoms with Gasteiger partial charge in [0.2, 0.25) is 11.8 Å². The number of carbonyl (C=O) groups is 2. The fourth-order valence-corrected chi connectivity index (χ4v) is 3.30. The number of hydrogen-bond acceptors (Lipinski definition) is 3. The minimum Gasteiger partial charge on any atom is -0.388 e. The van der Waals surface area contributed by atoms with Crippen LogP contribution in [0.5, 0.6) is 0 Å². The smallest absolute Gasteiger partial charge is 0.221 e. The zero-order chi connectivity index (χ0) is 18.1. The lowest BCUT2D eigenvalue weighted by atomic mass is 9.94. The molecular weight excluding hydrogens is 316 g/mol. The molecule has 1 aliphatic carbocycles. The summed E-state index contributed by atoms with van der Waals surface area (Å²) >= 11 is 0. The van der Waals surface area contributed by atoms with Crippen molar-refractivity contribution >= 4 is 11.8 Å². The maximum absolute atomic E-state index is 12.1. The van der Waals surface area contributed by atoms with Crippen LogP contribution in [0.2, 0.25) is 0 Å². The van der Waals surface area contributed by atoms with Crippen molar-refractivity contribution < 1.29 is 14.7 Å². The minimum absolute atomic E-state index is 0.0425. The van der Waals surface area contributed by atoms with Crippen LogP contribution in [0.15, 0.2) is 30.3 Å². The van der Waals surface area contributed by atoms with E-state index in [4.69, 9.17) is 0 Å². The second-order valence-electron chi connectivity index (χ2n) is 7.09. The number of nitrogens with zero attached hydrogens (tertiary/aromatic N) is 1. The van der Waals surface area contributed by atoms with Crippen LogP contribution < -0.4 is 5.32 Å². The molecule has 2 N–H and O–H groups in total. The number of hydrogen-bond donors (Lipinski definition) is 2. The molecule has 138 valence electrons. The Bertz CT molecular complexity index is 551. The van der Waals surface area contributed by atoms with E-state index in [1.54, 1.807) is 4.90 Å². The quantitative estimate of drug-likeness (QED) is 0.746. The summed E-state index contributed by atoms with van der Waals surface area (Å²) in [5.74, 6) is -0.156. The number of carbonyl (C=O) groups excluding carboxylic acids is 2. The molecule has 1 saturated carbocycles. The summed E-state index contributed by atoms with van der Waals surface area (Å²) in [6.45, 7) is 2.72. The molecule has 0 aromatic heterocycles. The SMILES string of the molecule is CC(=O)N(CCC(=O)NCC1(O)CCCCCC1)Cc1ccccc1. The van der Waals surface area contributed by atoms with E-state index < -0.39 is 5.60 Å². The molecule has 5 heteroatoms. The Morgan fingerprint density at radius 2 is 1.76 bits per heavy atom. The highest BCUT2D eigenvalue weighted by molar-refractivity contribution is 5.78. The van der Waals surface area contributed by atoms with Crippen LogP contribution in [0, 0.1) is 0 Å². The molecule has 0 spiro atoms. The van der Waals surface area contributed by atoms with Gasteiger partial charge in [0.05, 0.1) is 5.60 Å². The normalized spacial score (nSPS) is 16.7. The van der Waals surface area contributed by atoms with E-state index in [0.717, 1.165) is 44.1 Å². The van der Waals surface area contributed by atoms with Gasteiger partial charge >= 0.3 is 0 Å². The van der Waals surface area contributed by atoms with Crippen molar-refractivity contribution in [2.24, 2.45) is 0 Å². The van der Waals surface area contributed by atoms with Gasteiger partial charge in [0.1, 0.15) is 0 Å². The van der Waals surface area contributed by atoms with Crippen molar-refractivity contribution in [3.05, 3.63) is 35.9 Å². The molecular formula is C20H30N2O3. The molecule has 5 nitrogen and oxygen atoms in total. The summed E-state index contributed by atoms with van der Waals surface area (Å²) in [5.41, 5.74) is 0.280. The molecule has 2 rings (SSSR count). The predicted octanol–water partition coefficient (Wildman–Crippen LogP) is 2.63. The topological polar surface area (TPSA) is 69.6 Å². The van der Waals surface area contributed by atoms with E-state index >= 15 is 0 Å². The second-order valence-corrected chi connectivity index (χ2v) is 7.09. The molecule has 0 unspecified atom stereocenters. The van der Waals surface area contributed by atoms with Gasteiger partial charge in [-0.1, -0.05) is 56.0 Å². The molecule has 1 aliphatic rings. The Kier molecular flexibility index (Phi) is 7.44. The van der Waals surface area contributed by atoms with Gasteiger partial charge in [0.15, 0.2) is 0 Å². The number of amides is 2. The predicted molar refractivity (Wildman–Crippen MR) is 97.8 cm³/mol. The molecule has 1 fully saturated rings. The van der Waals surface area contributed by atoms with Crippen molar-refractivity contribution in [3.8, 4) is 0 Å². The number of rotatable bonds is 7. The number of nitrogens with one attached hydrogen (secondary N) is 1. The average molecular weight is 346 g/mol. The summed E-state index contributed by atoms with van der Waals surface area (Å²) in [6, 6.07) is 9.75. The Hall–Kier alpha value is -1.88. The average Bonchev–Trinajstić information content (AvgIpc) is 2.82. The molecule has 2 amide bonds. The van der Waals surface area contributed by atoms with Crippen LogP contribution in [-0.2, 0) is 16.1 Å². The molecule has 1 aromatic rings. The van der Waals surface area contributed by atoms with E-state index in [2.05, 4.69) is 5.32 Å². The minimum atomic E-state index is -0.767. The molecule has 0 aliphatic heterocycles. The van der Waals surface area contributed by atoms with E-state index in [0.29, 0.717) is 19.6 Å². The standard InChI is InChI=1S/C20H30N2O3/c1-17(23)22(15-18-9-5-4-6-10-18)14-11-19(24)21-16-20(25)12-7-2-3-8-13-20/h4-6,9-10,25H,2-3,7-8,11-16H2,1H3,(H,21,24).